The Balaban J connectivity index is 1.59. The first-order chi connectivity index (χ1) is 19.5. The average molecular weight is 559 g/mol. The van der Waals surface area contributed by atoms with Crippen LogP contribution in [-0.4, -0.2) is 47.2 Å². The first-order valence-corrected chi connectivity index (χ1v) is 14.1. The first kappa shape index (κ1) is 25.9. The van der Waals surface area contributed by atoms with E-state index in [0.29, 0.717) is 35.2 Å². The van der Waals surface area contributed by atoms with Crippen molar-refractivity contribution < 1.29 is 23.5 Å². The molecule has 4 aromatic rings. The number of ether oxygens (including phenoxy) is 2. The maximum atomic E-state index is 13.9. The van der Waals surface area contributed by atoms with Gasteiger partial charge in [0.1, 0.15) is 18.2 Å². The number of thioether (sulfide) groups is 1. The monoisotopic (exact) mass is 558 g/mol. The summed E-state index contributed by atoms with van der Waals surface area (Å²) in [6.07, 6.45) is 0.776. The number of fused-ring (bicyclic) bond motifs is 2. The highest BCUT2D eigenvalue weighted by atomic mass is 32.2. The number of carbonyl (C=O) groups excluding carboxylic acids is 2. The second-order valence-corrected chi connectivity index (χ2v) is 10.6. The highest BCUT2D eigenvalue weighted by Gasteiger charge is 2.38. The molecule has 0 bridgehead atoms. The van der Waals surface area contributed by atoms with Crippen molar-refractivity contribution in [3.05, 3.63) is 89.7 Å². The van der Waals surface area contributed by atoms with Gasteiger partial charge in [-0.2, -0.15) is 5.10 Å². The van der Waals surface area contributed by atoms with Gasteiger partial charge < -0.3 is 14.8 Å². The van der Waals surface area contributed by atoms with E-state index in [-0.39, 0.29) is 42.0 Å². The summed E-state index contributed by atoms with van der Waals surface area (Å²) in [7, 11) is 0. The van der Waals surface area contributed by atoms with Crippen molar-refractivity contribution in [3.63, 3.8) is 0 Å². The molecule has 2 aliphatic heterocycles. The number of aromatic nitrogens is 2. The van der Waals surface area contributed by atoms with Crippen LogP contribution in [0.1, 0.15) is 29.7 Å². The van der Waals surface area contributed by atoms with Gasteiger partial charge in [0, 0.05) is 17.7 Å². The molecule has 1 unspecified atom stereocenters. The molecule has 204 valence electrons. The van der Waals surface area contributed by atoms with E-state index >= 15 is 0 Å². The zero-order chi connectivity index (χ0) is 27.6. The Kier molecular flexibility index (Phi) is 7.17. The lowest BCUT2D eigenvalue weighted by molar-refractivity contribution is -0.122. The van der Waals surface area contributed by atoms with Crippen LogP contribution in [0.4, 0.5) is 10.2 Å². The molecule has 6 rings (SSSR count). The number of amides is 2. The SMILES string of the molecule is CCCNC(=O)CN1C(=O)CSC(c2ccc3c(c2)OCO3)c2c(-c3ccccc3)nn(-c3ccc(F)cc3)c21. The van der Waals surface area contributed by atoms with Crippen molar-refractivity contribution in [2.24, 2.45) is 0 Å². The minimum atomic E-state index is -0.383. The summed E-state index contributed by atoms with van der Waals surface area (Å²) < 4.78 is 26.8. The standard InChI is InChI=1S/C30H27FN4O4S/c1-2-14-32-25(36)16-34-26(37)17-40-29(20-8-13-23-24(15-20)39-18-38-23)27-28(19-6-4-3-5-7-19)33-35(30(27)34)22-11-9-21(31)10-12-22/h3-13,15,29H,2,14,16-18H2,1H3,(H,32,36). The fourth-order valence-electron chi connectivity index (χ4n) is 4.89. The molecule has 1 N–H and O–H groups in total. The highest BCUT2D eigenvalue weighted by Crippen LogP contribution is 2.50. The molecule has 3 heterocycles. The van der Waals surface area contributed by atoms with Gasteiger partial charge in [0.25, 0.3) is 0 Å². The summed E-state index contributed by atoms with van der Waals surface area (Å²) in [5, 5.41) is 7.57. The van der Waals surface area contributed by atoms with Crippen LogP contribution in [-0.2, 0) is 9.59 Å². The van der Waals surface area contributed by atoms with Crippen molar-refractivity contribution in [1.82, 2.24) is 15.1 Å². The van der Waals surface area contributed by atoms with Gasteiger partial charge in [0.05, 0.1) is 22.4 Å². The van der Waals surface area contributed by atoms with Crippen LogP contribution in [0.25, 0.3) is 16.9 Å². The second kappa shape index (κ2) is 11.1. The molecule has 10 heteroatoms. The number of anilines is 1. The molecule has 1 atom stereocenters. The van der Waals surface area contributed by atoms with E-state index in [1.165, 1.54) is 28.8 Å². The lowest BCUT2D eigenvalue weighted by atomic mass is 9.99. The molecule has 2 aliphatic rings. The zero-order valence-corrected chi connectivity index (χ0v) is 22.6. The predicted molar refractivity (Wildman–Crippen MR) is 151 cm³/mol. The topological polar surface area (TPSA) is 85.7 Å². The lowest BCUT2D eigenvalue weighted by Gasteiger charge is -2.23. The zero-order valence-electron chi connectivity index (χ0n) is 21.8. The van der Waals surface area contributed by atoms with Crippen molar-refractivity contribution in [3.8, 4) is 28.4 Å². The second-order valence-electron chi connectivity index (χ2n) is 9.47. The van der Waals surface area contributed by atoms with Crippen molar-refractivity contribution in [1.29, 1.82) is 0 Å². The Labute approximate surface area is 235 Å². The molecular formula is C30H27FN4O4S. The maximum absolute atomic E-state index is 13.9. The molecule has 8 nitrogen and oxygen atoms in total. The van der Waals surface area contributed by atoms with Gasteiger partial charge in [-0.25, -0.2) is 9.07 Å². The molecule has 0 fully saturated rings. The van der Waals surface area contributed by atoms with Crippen LogP contribution in [0.2, 0.25) is 0 Å². The average Bonchev–Trinajstić information content (AvgIpc) is 3.57. The van der Waals surface area contributed by atoms with Crippen LogP contribution in [0.5, 0.6) is 11.5 Å². The Morgan fingerprint density at radius 3 is 2.62 bits per heavy atom. The minimum Gasteiger partial charge on any atom is -0.454 e. The van der Waals surface area contributed by atoms with Gasteiger partial charge in [0.2, 0.25) is 18.6 Å². The van der Waals surface area contributed by atoms with E-state index < -0.39 is 0 Å². The molecule has 0 aliphatic carbocycles. The third-order valence-corrected chi connectivity index (χ3v) is 8.04. The van der Waals surface area contributed by atoms with Crippen LogP contribution < -0.4 is 19.7 Å². The van der Waals surface area contributed by atoms with Crippen LogP contribution in [0.3, 0.4) is 0 Å². The number of nitrogens with zero attached hydrogens (tertiary/aromatic N) is 3. The van der Waals surface area contributed by atoms with E-state index in [0.717, 1.165) is 23.1 Å². The van der Waals surface area contributed by atoms with Crippen LogP contribution in [0, 0.1) is 5.82 Å². The van der Waals surface area contributed by atoms with Crippen LogP contribution in [0.15, 0.2) is 72.8 Å². The van der Waals surface area contributed by atoms with E-state index in [4.69, 9.17) is 14.6 Å². The molecule has 0 radical (unpaired) electrons. The van der Waals surface area contributed by atoms with Crippen LogP contribution >= 0.6 is 11.8 Å². The van der Waals surface area contributed by atoms with Gasteiger partial charge in [0.15, 0.2) is 11.5 Å². The predicted octanol–water partition coefficient (Wildman–Crippen LogP) is 5.10. The molecule has 0 saturated carbocycles. The summed E-state index contributed by atoms with van der Waals surface area (Å²) >= 11 is 1.47. The molecule has 0 saturated heterocycles. The highest BCUT2D eigenvalue weighted by molar-refractivity contribution is 8.00. The van der Waals surface area contributed by atoms with Gasteiger partial charge in [-0.15, -0.1) is 11.8 Å². The molecule has 0 spiro atoms. The van der Waals surface area contributed by atoms with Gasteiger partial charge in [-0.3, -0.25) is 14.5 Å². The quantitative estimate of drug-likeness (QED) is 0.340. The minimum absolute atomic E-state index is 0.145. The summed E-state index contributed by atoms with van der Waals surface area (Å²) in [5.74, 6) is 1.06. The summed E-state index contributed by atoms with van der Waals surface area (Å²) in [5.41, 5.74) is 3.80. The third kappa shape index (κ3) is 4.90. The normalized spacial score (nSPS) is 16.0. The molecule has 3 aromatic carbocycles. The largest absolute Gasteiger partial charge is 0.454 e. The molecular weight excluding hydrogens is 531 g/mol. The third-order valence-electron chi connectivity index (χ3n) is 6.78. The lowest BCUT2D eigenvalue weighted by Crippen LogP contribution is -2.42. The first-order valence-electron chi connectivity index (χ1n) is 13.1. The number of hydrogen-bond acceptors (Lipinski definition) is 6. The summed E-state index contributed by atoms with van der Waals surface area (Å²) in [6, 6.07) is 21.4. The fraction of sp³-hybridized carbons (Fsp3) is 0.233. The summed E-state index contributed by atoms with van der Waals surface area (Å²) in [6.45, 7) is 2.46. The number of carbonyl (C=O) groups is 2. The van der Waals surface area contributed by atoms with Crippen molar-refractivity contribution in [2.45, 2.75) is 18.6 Å². The molecule has 40 heavy (non-hydrogen) atoms. The van der Waals surface area contributed by atoms with Gasteiger partial charge in [-0.05, 0) is 48.4 Å². The van der Waals surface area contributed by atoms with Gasteiger partial charge in [-0.1, -0.05) is 43.3 Å². The number of hydrogen-bond donors (Lipinski definition) is 1. The Hall–Kier alpha value is -4.31. The number of rotatable bonds is 7. The number of benzene rings is 3. The Morgan fingerprint density at radius 2 is 1.85 bits per heavy atom. The van der Waals surface area contributed by atoms with Gasteiger partial charge >= 0.3 is 0 Å². The maximum Gasteiger partial charge on any atom is 0.240 e. The Morgan fingerprint density at radius 1 is 1.07 bits per heavy atom. The Bertz CT molecular complexity index is 1560. The smallest absolute Gasteiger partial charge is 0.240 e. The fourth-order valence-corrected chi connectivity index (χ4v) is 6.08. The molecule has 2 amide bonds. The number of halogens is 1. The molecule has 1 aromatic heterocycles. The van der Waals surface area contributed by atoms with Crippen molar-refractivity contribution >= 4 is 29.4 Å². The number of nitrogens with one attached hydrogen (secondary N) is 1. The van der Waals surface area contributed by atoms with E-state index in [9.17, 15) is 14.0 Å². The van der Waals surface area contributed by atoms with E-state index in [1.54, 1.807) is 16.8 Å². The van der Waals surface area contributed by atoms with E-state index in [1.807, 2.05) is 55.5 Å². The summed E-state index contributed by atoms with van der Waals surface area (Å²) in [4.78, 5) is 28.2. The van der Waals surface area contributed by atoms with Crippen molar-refractivity contribution in [2.75, 3.05) is 30.5 Å². The van der Waals surface area contributed by atoms with E-state index in [2.05, 4.69) is 5.32 Å².